The number of benzene rings is 1. The number of hydrogen-bond donors (Lipinski definition) is 4. The molecule has 0 aliphatic carbocycles. The van der Waals surface area contributed by atoms with Crippen molar-refractivity contribution in [3.05, 3.63) is 17.7 Å². The molecule has 0 saturated carbocycles. The number of aliphatic carboxylic acids is 2. The lowest BCUT2D eigenvalue weighted by Crippen LogP contribution is -2.42. The normalized spacial score (nSPS) is 15.0. The van der Waals surface area contributed by atoms with E-state index in [2.05, 4.69) is 10.2 Å². The van der Waals surface area contributed by atoms with Gasteiger partial charge in [0.25, 0.3) is 0 Å². The zero-order valence-corrected chi connectivity index (χ0v) is 16.3. The highest BCUT2D eigenvalue weighted by atomic mass is 16.5. The van der Waals surface area contributed by atoms with Crippen LogP contribution in [0.1, 0.15) is 12.0 Å². The van der Waals surface area contributed by atoms with Crippen LogP contribution in [-0.4, -0.2) is 85.8 Å². The molecule has 1 aromatic rings. The van der Waals surface area contributed by atoms with Gasteiger partial charge in [-0.25, -0.2) is 4.79 Å². The Balaban J connectivity index is 0.000000370. The third-order valence-electron chi connectivity index (χ3n) is 4.04. The summed E-state index contributed by atoms with van der Waals surface area (Å²) < 4.78 is 16.2. The summed E-state index contributed by atoms with van der Waals surface area (Å²) in [5.74, 6) is -0.719. The first-order valence-corrected chi connectivity index (χ1v) is 8.67. The molecule has 2 rings (SSSR count). The van der Waals surface area contributed by atoms with E-state index < -0.39 is 24.5 Å². The van der Waals surface area contributed by atoms with Crippen molar-refractivity contribution in [2.24, 2.45) is 0 Å². The summed E-state index contributed by atoms with van der Waals surface area (Å²) in [4.78, 5) is 21.8. The molecular weight excluding hydrogens is 372 g/mol. The van der Waals surface area contributed by atoms with Gasteiger partial charge in [-0.3, -0.25) is 9.69 Å². The van der Waals surface area contributed by atoms with Crippen LogP contribution in [0.25, 0.3) is 0 Å². The number of hydrogen-bond acceptors (Lipinski definition) is 8. The fraction of sp³-hybridized carbons (Fsp3) is 0.556. The monoisotopic (exact) mass is 400 g/mol. The molecule has 10 heteroatoms. The van der Waals surface area contributed by atoms with Crippen molar-refractivity contribution >= 4 is 11.9 Å². The number of piperazine rings is 1. The molecule has 1 aliphatic rings. The average Bonchev–Trinajstić information content (AvgIpc) is 2.68. The van der Waals surface area contributed by atoms with Crippen molar-refractivity contribution < 1.29 is 39.1 Å². The first kappa shape index (κ1) is 23.5. The minimum absolute atomic E-state index is 0.664. The van der Waals surface area contributed by atoms with Crippen LogP contribution in [0.5, 0.6) is 17.2 Å². The quantitative estimate of drug-likeness (QED) is 0.472. The Kier molecular flexibility index (Phi) is 10.1. The molecule has 158 valence electrons. The summed E-state index contributed by atoms with van der Waals surface area (Å²) in [5.41, 5.74) is 1.13. The van der Waals surface area contributed by atoms with E-state index in [-0.39, 0.29) is 0 Å². The lowest BCUT2D eigenvalue weighted by Gasteiger charge is -2.28. The Labute approximate surface area is 163 Å². The van der Waals surface area contributed by atoms with Crippen molar-refractivity contribution in [3.8, 4) is 17.2 Å². The molecule has 0 spiro atoms. The van der Waals surface area contributed by atoms with Gasteiger partial charge in [0.05, 0.1) is 27.8 Å². The van der Waals surface area contributed by atoms with E-state index in [1.165, 1.54) is 0 Å². The van der Waals surface area contributed by atoms with Crippen molar-refractivity contribution in [2.45, 2.75) is 19.1 Å². The Bertz CT molecular complexity index is 647. The van der Waals surface area contributed by atoms with Crippen LogP contribution in [0, 0.1) is 0 Å². The highest BCUT2D eigenvalue weighted by molar-refractivity contribution is 5.79. The molecule has 10 nitrogen and oxygen atoms in total. The molecule has 0 radical (unpaired) electrons. The number of carbonyl (C=O) groups is 2. The number of aliphatic hydroxyl groups is 1. The maximum atomic E-state index is 9.72. The molecule has 1 unspecified atom stereocenters. The third kappa shape index (κ3) is 7.22. The van der Waals surface area contributed by atoms with Crippen molar-refractivity contribution in [2.75, 3.05) is 47.5 Å². The van der Waals surface area contributed by atoms with Gasteiger partial charge in [-0.15, -0.1) is 0 Å². The maximum Gasteiger partial charge on any atom is 0.333 e. The standard InChI is InChI=1S/C14H22N2O3.C4H6O5/c1-17-12-5-4-11(13(18-2)14(12)19-3)10-16-8-6-15-7-9-16;5-2(4(8)9)1-3(6)7/h4-5,15H,6-10H2,1-3H3;2,5H,1H2,(H,6,7)(H,8,9). The number of methoxy groups -OCH3 is 3. The van der Waals surface area contributed by atoms with E-state index >= 15 is 0 Å². The summed E-state index contributed by atoms with van der Waals surface area (Å²) in [5, 5.41) is 27.5. The Morgan fingerprint density at radius 2 is 1.68 bits per heavy atom. The second kappa shape index (κ2) is 12.0. The van der Waals surface area contributed by atoms with Gasteiger partial charge in [0.15, 0.2) is 17.6 Å². The van der Waals surface area contributed by atoms with Crippen LogP contribution in [0.2, 0.25) is 0 Å². The number of nitrogens with one attached hydrogen (secondary N) is 1. The molecule has 4 N–H and O–H groups in total. The first-order valence-electron chi connectivity index (χ1n) is 8.67. The summed E-state index contributed by atoms with van der Waals surface area (Å²) in [7, 11) is 4.93. The minimum Gasteiger partial charge on any atom is -0.493 e. The van der Waals surface area contributed by atoms with Gasteiger partial charge in [-0.2, -0.15) is 0 Å². The largest absolute Gasteiger partial charge is 0.493 e. The number of carboxylic acids is 2. The predicted molar refractivity (Wildman–Crippen MR) is 100 cm³/mol. The van der Waals surface area contributed by atoms with Crippen LogP contribution in [0.4, 0.5) is 0 Å². The van der Waals surface area contributed by atoms with E-state index in [9.17, 15) is 9.59 Å². The van der Waals surface area contributed by atoms with Crippen LogP contribution >= 0.6 is 0 Å². The van der Waals surface area contributed by atoms with E-state index in [4.69, 9.17) is 29.5 Å². The van der Waals surface area contributed by atoms with Crippen LogP contribution in [0.3, 0.4) is 0 Å². The number of ether oxygens (including phenoxy) is 3. The molecule has 0 aromatic heterocycles. The fourth-order valence-corrected chi connectivity index (χ4v) is 2.65. The van der Waals surface area contributed by atoms with E-state index in [0.717, 1.165) is 44.0 Å². The van der Waals surface area contributed by atoms with Crippen molar-refractivity contribution in [1.82, 2.24) is 10.2 Å². The smallest absolute Gasteiger partial charge is 0.333 e. The molecular formula is C18H28N2O8. The lowest BCUT2D eigenvalue weighted by atomic mass is 10.1. The van der Waals surface area contributed by atoms with Gasteiger partial charge in [0.2, 0.25) is 5.75 Å². The van der Waals surface area contributed by atoms with E-state index in [1.807, 2.05) is 12.1 Å². The van der Waals surface area contributed by atoms with Gasteiger partial charge >= 0.3 is 11.9 Å². The Hall–Kier alpha value is -2.56. The van der Waals surface area contributed by atoms with Crippen LogP contribution in [-0.2, 0) is 16.1 Å². The zero-order chi connectivity index (χ0) is 21.1. The van der Waals surface area contributed by atoms with Gasteiger partial charge in [0, 0.05) is 38.3 Å². The van der Waals surface area contributed by atoms with Crippen LogP contribution < -0.4 is 19.5 Å². The molecule has 1 atom stereocenters. The van der Waals surface area contributed by atoms with Crippen LogP contribution in [0.15, 0.2) is 12.1 Å². The molecule has 1 aromatic carbocycles. The topological polar surface area (TPSA) is 138 Å². The Morgan fingerprint density at radius 1 is 1.07 bits per heavy atom. The van der Waals surface area contributed by atoms with Crippen molar-refractivity contribution in [3.63, 3.8) is 0 Å². The summed E-state index contributed by atoms with van der Waals surface area (Å²) in [6.45, 7) is 5.05. The zero-order valence-electron chi connectivity index (χ0n) is 16.3. The maximum absolute atomic E-state index is 9.72. The Morgan fingerprint density at radius 3 is 2.11 bits per heavy atom. The molecule has 1 fully saturated rings. The average molecular weight is 400 g/mol. The van der Waals surface area contributed by atoms with E-state index in [1.54, 1.807) is 21.3 Å². The number of rotatable bonds is 8. The highest BCUT2D eigenvalue weighted by Crippen LogP contribution is 2.40. The third-order valence-corrected chi connectivity index (χ3v) is 4.04. The molecule has 0 bridgehead atoms. The molecule has 1 aliphatic heterocycles. The summed E-state index contributed by atoms with van der Waals surface area (Å²) in [6, 6.07) is 3.97. The number of nitrogens with zero attached hydrogens (tertiary/aromatic N) is 1. The van der Waals surface area contributed by atoms with Gasteiger partial charge in [-0.05, 0) is 6.07 Å². The number of carboxylic acid groups (broad SMARTS) is 2. The molecule has 0 amide bonds. The SMILES string of the molecule is COc1ccc(CN2CCNCC2)c(OC)c1OC.O=C(O)CC(O)C(=O)O. The molecule has 28 heavy (non-hydrogen) atoms. The van der Waals surface area contributed by atoms with Gasteiger partial charge < -0.3 is 34.8 Å². The lowest BCUT2D eigenvalue weighted by molar-refractivity contribution is -0.152. The van der Waals surface area contributed by atoms with Crippen molar-refractivity contribution in [1.29, 1.82) is 0 Å². The predicted octanol–water partition coefficient (Wildman–Crippen LogP) is 0.0242. The first-order chi connectivity index (χ1) is 13.3. The summed E-state index contributed by atoms with van der Waals surface area (Å²) in [6.07, 6.45) is -2.54. The molecule has 1 heterocycles. The minimum atomic E-state index is -1.79. The second-order valence-electron chi connectivity index (χ2n) is 5.97. The van der Waals surface area contributed by atoms with E-state index in [0.29, 0.717) is 11.5 Å². The van der Waals surface area contributed by atoms with Gasteiger partial charge in [0.1, 0.15) is 0 Å². The fourth-order valence-electron chi connectivity index (χ4n) is 2.65. The van der Waals surface area contributed by atoms with Gasteiger partial charge in [-0.1, -0.05) is 6.07 Å². The highest BCUT2D eigenvalue weighted by Gasteiger charge is 2.19. The number of aliphatic hydroxyl groups excluding tert-OH is 1. The molecule has 1 saturated heterocycles. The second-order valence-corrected chi connectivity index (χ2v) is 5.97. The summed E-state index contributed by atoms with van der Waals surface area (Å²) >= 11 is 0.